The molecule has 1 unspecified atom stereocenters. The van der Waals surface area contributed by atoms with Crippen LogP contribution in [0.3, 0.4) is 0 Å². The van der Waals surface area contributed by atoms with Gasteiger partial charge in [-0.05, 0) is 49.6 Å². The zero-order valence-corrected chi connectivity index (χ0v) is 16.8. The lowest BCUT2D eigenvalue weighted by Crippen LogP contribution is -2.34. The Labute approximate surface area is 170 Å². The Morgan fingerprint density at radius 1 is 1.17 bits per heavy atom. The molecule has 1 heterocycles. The fourth-order valence-corrected chi connectivity index (χ4v) is 3.76. The SMILES string of the molecule is CCOc1ccc(C(=O)N2CCCCCC2c2ccc(OC)cc2)cc1[N+](=O)[O-]. The summed E-state index contributed by atoms with van der Waals surface area (Å²) in [6.45, 7) is 2.70. The largest absolute Gasteiger partial charge is 0.497 e. The Bertz CT molecular complexity index is 866. The maximum Gasteiger partial charge on any atom is 0.311 e. The average Bonchev–Trinajstić information content (AvgIpc) is 3.00. The maximum absolute atomic E-state index is 13.3. The van der Waals surface area contributed by atoms with E-state index in [1.54, 1.807) is 20.1 Å². The lowest BCUT2D eigenvalue weighted by Gasteiger charge is -2.30. The van der Waals surface area contributed by atoms with Gasteiger partial charge in [0.1, 0.15) is 5.75 Å². The van der Waals surface area contributed by atoms with Crippen LogP contribution in [-0.2, 0) is 0 Å². The molecule has 0 bridgehead atoms. The summed E-state index contributed by atoms with van der Waals surface area (Å²) >= 11 is 0. The van der Waals surface area contributed by atoms with Crippen LogP contribution in [-0.4, -0.2) is 36.0 Å². The number of carbonyl (C=O) groups is 1. The minimum Gasteiger partial charge on any atom is -0.497 e. The molecule has 1 atom stereocenters. The normalized spacial score (nSPS) is 16.8. The van der Waals surface area contributed by atoms with Crippen LogP contribution in [0.2, 0.25) is 0 Å². The first kappa shape index (κ1) is 20.6. The monoisotopic (exact) mass is 398 g/mol. The Morgan fingerprint density at radius 3 is 2.59 bits per heavy atom. The van der Waals surface area contributed by atoms with E-state index in [9.17, 15) is 14.9 Å². The van der Waals surface area contributed by atoms with E-state index in [1.165, 1.54) is 12.1 Å². The number of hydrogen-bond acceptors (Lipinski definition) is 5. The molecule has 1 aliphatic rings. The van der Waals surface area contributed by atoms with Gasteiger partial charge in [0.15, 0.2) is 5.75 Å². The molecule has 7 heteroatoms. The van der Waals surface area contributed by atoms with Crippen LogP contribution >= 0.6 is 0 Å². The standard InChI is InChI=1S/C22H26N2O5/c1-3-29-21-13-10-17(15-20(21)24(26)27)22(25)23-14-6-4-5-7-19(23)16-8-11-18(28-2)12-9-16/h8-13,15,19H,3-7,14H2,1-2H3. The van der Waals surface area contributed by atoms with Crippen LogP contribution in [0.4, 0.5) is 5.69 Å². The Morgan fingerprint density at radius 2 is 1.93 bits per heavy atom. The number of methoxy groups -OCH3 is 1. The molecule has 3 rings (SSSR count). The van der Waals surface area contributed by atoms with Crippen molar-refractivity contribution in [3.05, 3.63) is 63.7 Å². The van der Waals surface area contributed by atoms with Gasteiger partial charge in [-0.25, -0.2) is 0 Å². The second-order valence-electron chi connectivity index (χ2n) is 7.01. The lowest BCUT2D eigenvalue weighted by atomic mass is 9.99. The smallest absolute Gasteiger partial charge is 0.311 e. The predicted octanol–water partition coefficient (Wildman–Crippen LogP) is 4.76. The number of ether oxygens (including phenoxy) is 2. The summed E-state index contributed by atoms with van der Waals surface area (Å²) in [6.07, 6.45) is 3.86. The highest BCUT2D eigenvalue weighted by Gasteiger charge is 2.29. The number of rotatable bonds is 6. The molecule has 0 aliphatic carbocycles. The number of nitro groups is 1. The minimum absolute atomic E-state index is 0.0680. The molecule has 0 spiro atoms. The van der Waals surface area contributed by atoms with Crippen molar-refractivity contribution in [2.45, 2.75) is 38.6 Å². The van der Waals surface area contributed by atoms with Crippen molar-refractivity contribution in [3.8, 4) is 11.5 Å². The van der Waals surface area contributed by atoms with Crippen LogP contribution in [0.15, 0.2) is 42.5 Å². The Kier molecular flexibility index (Phi) is 6.69. The van der Waals surface area contributed by atoms with Crippen molar-refractivity contribution in [2.75, 3.05) is 20.3 Å². The first-order valence-electron chi connectivity index (χ1n) is 9.91. The second-order valence-corrected chi connectivity index (χ2v) is 7.01. The number of likely N-dealkylation sites (tertiary alicyclic amines) is 1. The molecular weight excluding hydrogens is 372 g/mol. The minimum atomic E-state index is -0.509. The Hall–Kier alpha value is -3.09. The molecule has 1 fully saturated rings. The summed E-state index contributed by atoms with van der Waals surface area (Å²) in [5, 5.41) is 11.4. The van der Waals surface area contributed by atoms with Crippen molar-refractivity contribution in [2.24, 2.45) is 0 Å². The number of hydrogen-bond donors (Lipinski definition) is 0. The lowest BCUT2D eigenvalue weighted by molar-refractivity contribution is -0.385. The van der Waals surface area contributed by atoms with E-state index in [4.69, 9.17) is 9.47 Å². The fraction of sp³-hybridized carbons (Fsp3) is 0.409. The number of nitro benzene ring substituents is 1. The first-order chi connectivity index (χ1) is 14.0. The van der Waals surface area contributed by atoms with Gasteiger partial charge in [0.2, 0.25) is 0 Å². The molecule has 0 radical (unpaired) electrons. The summed E-state index contributed by atoms with van der Waals surface area (Å²) in [6, 6.07) is 12.1. The van der Waals surface area contributed by atoms with Gasteiger partial charge in [0.05, 0.1) is 24.7 Å². The highest BCUT2D eigenvalue weighted by molar-refractivity contribution is 5.95. The van der Waals surface area contributed by atoms with E-state index in [1.807, 2.05) is 29.2 Å². The van der Waals surface area contributed by atoms with Crippen molar-refractivity contribution < 1.29 is 19.2 Å². The molecular formula is C22H26N2O5. The van der Waals surface area contributed by atoms with Gasteiger partial charge < -0.3 is 14.4 Å². The van der Waals surface area contributed by atoms with Gasteiger partial charge in [0, 0.05) is 18.2 Å². The summed E-state index contributed by atoms with van der Waals surface area (Å²) in [7, 11) is 1.62. The quantitative estimate of drug-likeness (QED) is 0.518. The van der Waals surface area contributed by atoms with Gasteiger partial charge in [0.25, 0.3) is 5.91 Å². The van der Waals surface area contributed by atoms with Crippen LogP contribution < -0.4 is 9.47 Å². The zero-order valence-electron chi connectivity index (χ0n) is 16.8. The van der Waals surface area contributed by atoms with Crippen molar-refractivity contribution >= 4 is 11.6 Å². The van der Waals surface area contributed by atoms with Crippen LogP contribution in [0.1, 0.15) is 54.6 Å². The highest BCUT2D eigenvalue weighted by atomic mass is 16.6. The first-order valence-corrected chi connectivity index (χ1v) is 9.91. The van der Waals surface area contributed by atoms with Crippen LogP contribution in [0.25, 0.3) is 0 Å². The molecule has 1 saturated heterocycles. The molecule has 29 heavy (non-hydrogen) atoms. The predicted molar refractivity (Wildman–Crippen MR) is 110 cm³/mol. The molecule has 1 amide bonds. The van der Waals surface area contributed by atoms with Gasteiger partial charge >= 0.3 is 5.69 Å². The van der Waals surface area contributed by atoms with Gasteiger partial charge in [-0.15, -0.1) is 0 Å². The van der Waals surface area contributed by atoms with E-state index < -0.39 is 4.92 Å². The van der Waals surface area contributed by atoms with Crippen molar-refractivity contribution in [1.82, 2.24) is 4.90 Å². The third kappa shape index (κ3) is 4.67. The molecule has 2 aromatic carbocycles. The highest BCUT2D eigenvalue weighted by Crippen LogP contribution is 2.34. The summed E-state index contributed by atoms with van der Waals surface area (Å²) < 4.78 is 10.6. The number of carbonyl (C=O) groups excluding carboxylic acids is 1. The zero-order chi connectivity index (χ0) is 20.8. The van der Waals surface area contributed by atoms with Crippen LogP contribution in [0.5, 0.6) is 11.5 Å². The Balaban J connectivity index is 1.93. The summed E-state index contributed by atoms with van der Waals surface area (Å²) in [4.78, 5) is 26.1. The van der Waals surface area contributed by atoms with Crippen molar-refractivity contribution in [3.63, 3.8) is 0 Å². The summed E-state index contributed by atoms with van der Waals surface area (Å²) in [5.41, 5.74) is 1.16. The fourth-order valence-electron chi connectivity index (χ4n) is 3.76. The number of benzene rings is 2. The summed E-state index contributed by atoms with van der Waals surface area (Å²) in [5.74, 6) is 0.748. The third-order valence-corrected chi connectivity index (χ3v) is 5.22. The average molecular weight is 398 g/mol. The molecule has 0 N–H and O–H groups in total. The molecule has 2 aromatic rings. The van der Waals surface area contributed by atoms with E-state index in [-0.39, 0.29) is 23.4 Å². The van der Waals surface area contributed by atoms with Gasteiger partial charge in [-0.1, -0.05) is 25.0 Å². The van der Waals surface area contributed by atoms with E-state index >= 15 is 0 Å². The topological polar surface area (TPSA) is 81.9 Å². The maximum atomic E-state index is 13.3. The molecule has 0 saturated carbocycles. The molecule has 1 aliphatic heterocycles. The number of amides is 1. The van der Waals surface area contributed by atoms with Crippen LogP contribution in [0, 0.1) is 10.1 Å². The molecule has 154 valence electrons. The van der Waals surface area contributed by atoms with E-state index in [2.05, 4.69) is 0 Å². The third-order valence-electron chi connectivity index (χ3n) is 5.22. The van der Waals surface area contributed by atoms with Gasteiger partial charge in [-0.3, -0.25) is 14.9 Å². The van der Waals surface area contributed by atoms with Crippen molar-refractivity contribution in [1.29, 1.82) is 0 Å². The van der Waals surface area contributed by atoms with Gasteiger partial charge in [-0.2, -0.15) is 0 Å². The molecule has 0 aromatic heterocycles. The van der Waals surface area contributed by atoms with E-state index in [0.29, 0.717) is 18.7 Å². The second kappa shape index (κ2) is 9.41. The number of nitrogens with zero attached hydrogens (tertiary/aromatic N) is 2. The molecule has 7 nitrogen and oxygen atoms in total. The van der Waals surface area contributed by atoms with E-state index in [0.717, 1.165) is 37.0 Å².